The first-order chi connectivity index (χ1) is 10.2. The zero-order valence-electron chi connectivity index (χ0n) is 12.9. The second kappa shape index (κ2) is 10.5. The maximum Gasteiger partial charge on any atom is 0.251 e. The number of thioether (sulfide) groups is 1. The number of hydrogen-bond acceptors (Lipinski definition) is 5. The Hall–Kier alpha value is -1.27. The molecule has 0 spiro atoms. The van der Waals surface area contributed by atoms with Crippen LogP contribution in [0.25, 0.3) is 0 Å². The Kier molecular flexibility index (Phi) is 8.85. The van der Waals surface area contributed by atoms with Crippen LogP contribution < -0.4 is 16.6 Å². The van der Waals surface area contributed by atoms with Crippen LogP contribution in [0.1, 0.15) is 48.7 Å². The van der Waals surface area contributed by atoms with Gasteiger partial charge in [0.25, 0.3) is 5.91 Å². The van der Waals surface area contributed by atoms with Crippen LogP contribution in [0.4, 0.5) is 5.82 Å². The van der Waals surface area contributed by atoms with Gasteiger partial charge >= 0.3 is 0 Å². The Bertz CT molecular complexity index is 417. The van der Waals surface area contributed by atoms with E-state index in [-0.39, 0.29) is 5.91 Å². The van der Waals surface area contributed by atoms with E-state index in [9.17, 15) is 4.79 Å². The van der Waals surface area contributed by atoms with Crippen molar-refractivity contribution in [2.75, 3.05) is 24.0 Å². The molecule has 0 fully saturated rings. The number of carbonyl (C=O) groups is 1. The van der Waals surface area contributed by atoms with Crippen molar-refractivity contribution >= 4 is 23.5 Å². The van der Waals surface area contributed by atoms with E-state index >= 15 is 0 Å². The normalized spacial score (nSPS) is 10.4. The quantitative estimate of drug-likeness (QED) is 0.352. The summed E-state index contributed by atoms with van der Waals surface area (Å²) in [6, 6.07) is 3.49. The van der Waals surface area contributed by atoms with Gasteiger partial charge in [-0.3, -0.25) is 4.79 Å². The molecule has 0 unspecified atom stereocenters. The second-order valence-corrected chi connectivity index (χ2v) is 5.88. The Morgan fingerprint density at radius 3 is 2.71 bits per heavy atom. The van der Waals surface area contributed by atoms with Crippen molar-refractivity contribution in [2.24, 2.45) is 5.84 Å². The van der Waals surface area contributed by atoms with Gasteiger partial charge in [-0.25, -0.2) is 10.8 Å². The molecular weight excluding hydrogens is 284 g/mol. The smallest absolute Gasteiger partial charge is 0.251 e. The number of pyridine rings is 1. The number of rotatable bonds is 10. The van der Waals surface area contributed by atoms with Crippen molar-refractivity contribution < 1.29 is 4.79 Å². The van der Waals surface area contributed by atoms with Crippen molar-refractivity contribution in [1.29, 1.82) is 0 Å². The minimum atomic E-state index is -0.0623. The monoisotopic (exact) mass is 310 g/mol. The Balaban J connectivity index is 2.38. The highest BCUT2D eigenvalue weighted by atomic mass is 32.2. The molecule has 0 aliphatic rings. The van der Waals surface area contributed by atoms with Crippen LogP contribution in [0.3, 0.4) is 0 Å². The fourth-order valence-corrected chi connectivity index (χ4v) is 2.50. The van der Waals surface area contributed by atoms with Gasteiger partial charge < -0.3 is 10.7 Å². The molecule has 1 heterocycles. The number of hydrazine groups is 1. The molecule has 0 saturated heterocycles. The van der Waals surface area contributed by atoms with E-state index in [1.165, 1.54) is 18.6 Å². The number of nitrogens with two attached hydrogens (primary N) is 1. The van der Waals surface area contributed by atoms with Crippen molar-refractivity contribution in [3.8, 4) is 0 Å². The van der Waals surface area contributed by atoms with E-state index in [1.54, 1.807) is 6.07 Å². The number of unbranched alkanes of at least 4 members (excludes halogenated alkanes) is 3. The van der Waals surface area contributed by atoms with Gasteiger partial charge in [-0.15, -0.1) is 0 Å². The molecule has 0 aliphatic heterocycles. The summed E-state index contributed by atoms with van der Waals surface area (Å²) in [5.74, 6) is 7.06. The van der Waals surface area contributed by atoms with E-state index < -0.39 is 0 Å². The topological polar surface area (TPSA) is 80.0 Å². The number of aryl methyl sites for hydroxylation is 1. The summed E-state index contributed by atoms with van der Waals surface area (Å²) in [5.41, 5.74) is 3.96. The van der Waals surface area contributed by atoms with Crippen LogP contribution in [-0.2, 0) is 6.42 Å². The highest BCUT2D eigenvalue weighted by molar-refractivity contribution is 7.98. The number of anilines is 1. The molecule has 0 bridgehead atoms. The molecule has 0 atom stereocenters. The van der Waals surface area contributed by atoms with E-state index in [0.717, 1.165) is 25.0 Å². The maximum atomic E-state index is 12.1. The second-order valence-electron chi connectivity index (χ2n) is 4.89. The number of amides is 1. The molecule has 4 N–H and O–H groups in total. The molecule has 1 aromatic heterocycles. The van der Waals surface area contributed by atoms with E-state index in [0.29, 0.717) is 17.9 Å². The minimum Gasteiger partial charge on any atom is -0.352 e. The van der Waals surface area contributed by atoms with Crippen molar-refractivity contribution in [3.05, 3.63) is 23.4 Å². The van der Waals surface area contributed by atoms with Crippen LogP contribution >= 0.6 is 11.8 Å². The molecule has 21 heavy (non-hydrogen) atoms. The van der Waals surface area contributed by atoms with Gasteiger partial charge in [-0.2, -0.15) is 11.8 Å². The maximum absolute atomic E-state index is 12.1. The van der Waals surface area contributed by atoms with Crippen molar-refractivity contribution in [1.82, 2.24) is 10.3 Å². The number of hydrogen-bond donors (Lipinski definition) is 3. The molecule has 0 saturated carbocycles. The van der Waals surface area contributed by atoms with Crippen molar-refractivity contribution in [2.45, 2.75) is 39.0 Å². The van der Waals surface area contributed by atoms with Gasteiger partial charge in [0.2, 0.25) is 0 Å². The van der Waals surface area contributed by atoms with E-state index in [4.69, 9.17) is 5.84 Å². The van der Waals surface area contributed by atoms with Crippen molar-refractivity contribution in [3.63, 3.8) is 0 Å². The molecule has 0 aromatic carbocycles. The fourth-order valence-electron chi connectivity index (χ4n) is 2.00. The lowest BCUT2D eigenvalue weighted by molar-refractivity contribution is 0.0952. The van der Waals surface area contributed by atoms with Crippen LogP contribution in [0.2, 0.25) is 0 Å². The molecule has 1 rings (SSSR count). The molecule has 1 amide bonds. The lowest BCUT2D eigenvalue weighted by Gasteiger charge is -2.08. The summed E-state index contributed by atoms with van der Waals surface area (Å²) in [6.07, 6.45) is 7.56. The highest BCUT2D eigenvalue weighted by Gasteiger charge is 2.08. The molecule has 118 valence electrons. The Morgan fingerprint density at radius 1 is 1.29 bits per heavy atom. The standard InChI is InChI=1S/C15H26N4OS/c1-3-13-10-12(11-14(18-13)19-16)15(20)17-8-6-4-5-7-9-21-2/h10-11H,3-9,16H2,1-2H3,(H,17,20)(H,18,19). The van der Waals surface area contributed by atoms with Crippen LogP contribution in [-0.4, -0.2) is 29.4 Å². The van der Waals surface area contributed by atoms with Crippen LogP contribution in [0.15, 0.2) is 12.1 Å². The minimum absolute atomic E-state index is 0.0623. The van der Waals surface area contributed by atoms with Gasteiger partial charge in [-0.05, 0) is 43.4 Å². The molecule has 0 aliphatic carbocycles. The number of nitrogen functional groups attached to an aromatic ring is 1. The van der Waals surface area contributed by atoms with Crippen LogP contribution in [0, 0.1) is 0 Å². The molecule has 0 radical (unpaired) electrons. The molecule has 5 nitrogen and oxygen atoms in total. The first-order valence-electron chi connectivity index (χ1n) is 7.46. The average molecular weight is 310 g/mol. The van der Waals surface area contributed by atoms with E-state index in [1.807, 2.05) is 24.8 Å². The third-order valence-corrected chi connectivity index (χ3v) is 3.91. The highest BCUT2D eigenvalue weighted by Crippen LogP contribution is 2.10. The first kappa shape index (κ1) is 17.8. The zero-order chi connectivity index (χ0) is 15.5. The lowest BCUT2D eigenvalue weighted by Crippen LogP contribution is -2.25. The zero-order valence-corrected chi connectivity index (χ0v) is 13.8. The number of aromatic nitrogens is 1. The predicted molar refractivity (Wildman–Crippen MR) is 90.6 cm³/mol. The Morgan fingerprint density at radius 2 is 2.05 bits per heavy atom. The summed E-state index contributed by atoms with van der Waals surface area (Å²) in [5, 5.41) is 2.95. The summed E-state index contributed by atoms with van der Waals surface area (Å²) in [6.45, 7) is 2.71. The summed E-state index contributed by atoms with van der Waals surface area (Å²) < 4.78 is 0. The lowest BCUT2D eigenvalue weighted by atomic mass is 10.1. The molecule has 1 aromatic rings. The molecule has 6 heteroatoms. The SMILES string of the molecule is CCc1cc(C(=O)NCCCCCCSC)cc(NN)n1. The molecular formula is C15H26N4OS. The van der Waals surface area contributed by atoms with Gasteiger partial charge in [0.1, 0.15) is 5.82 Å². The fraction of sp³-hybridized carbons (Fsp3) is 0.600. The summed E-state index contributed by atoms with van der Waals surface area (Å²) in [7, 11) is 0. The van der Waals surface area contributed by atoms with Gasteiger partial charge in [0.15, 0.2) is 0 Å². The predicted octanol–water partition coefficient (Wildman–Crippen LogP) is 2.58. The van der Waals surface area contributed by atoms with E-state index in [2.05, 4.69) is 22.0 Å². The Labute approximate surface area is 131 Å². The summed E-state index contributed by atoms with van der Waals surface area (Å²) >= 11 is 1.88. The largest absolute Gasteiger partial charge is 0.352 e. The summed E-state index contributed by atoms with van der Waals surface area (Å²) in [4.78, 5) is 16.4. The number of carbonyl (C=O) groups excluding carboxylic acids is 1. The van der Waals surface area contributed by atoms with Gasteiger partial charge in [0, 0.05) is 17.8 Å². The number of nitrogens with one attached hydrogen (secondary N) is 2. The third kappa shape index (κ3) is 6.82. The number of nitrogens with zero attached hydrogens (tertiary/aromatic N) is 1. The van der Waals surface area contributed by atoms with Gasteiger partial charge in [0.05, 0.1) is 0 Å². The first-order valence-corrected chi connectivity index (χ1v) is 8.85. The van der Waals surface area contributed by atoms with Gasteiger partial charge in [-0.1, -0.05) is 19.8 Å². The van der Waals surface area contributed by atoms with Crippen LogP contribution in [0.5, 0.6) is 0 Å². The third-order valence-electron chi connectivity index (χ3n) is 3.21. The average Bonchev–Trinajstić information content (AvgIpc) is 2.53.